The molecule has 1 aliphatic heterocycles. The Morgan fingerprint density at radius 2 is 1.93 bits per heavy atom. The fourth-order valence-electron chi connectivity index (χ4n) is 3.28. The zero-order valence-electron chi connectivity index (χ0n) is 17.0. The Hall–Kier alpha value is -2.78. The maximum Gasteiger partial charge on any atom is 0.233 e. The topological polar surface area (TPSA) is 82.6 Å². The van der Waals surface area contributed by atoms with Crippen molar-refractivity contribution in [1.29, 1.82) is 0 Å². The van der Waals surface area contributed by atoms with Gasteiger partial charge in [-0.1, -0.05) is 11.8 Å². The zero-order chi connectivity index (χ0) is 20.9. The second-order valence-corrected chi connectivity index (χ2v) is 7.68. The van der Waals surface area contributed by atoms with Gasteiger partial charge >= 0.3 is 0 Å². The summed E-state index contributed by atoms with van der Waals surface area (Å²) in [5.74, 6) is 2.60. The summed E-state index contributed by atoms with van der Waals surface area (Å²) in [4.78, 5) is 14.4. The highest BCUT2D eigenvalue weighted by molar-refractivity contribution is 7.99. The lowest BCUT2D eigenvalue weighted by Crippen LogP contribution is -2.41. The molecule has 0 bridgehead atoms. The molecular weight excluding hydrogens is 404 g/mol. The molecule has 9 heteroatoms. The minimum Gasteiger partial charge on any atom is -0.494 e. The molecule has 1 aromatic carbocycles. The van der Waals surface area contributed by atoms with Crippen molar-refractivity contribution in [1.82, 2.24) is 19.7 Å². The summed E-state index contributed by atoms with van der Waals surface area (Å²) >= 11 is 1.38. The van der Waals surface area contributed by atoms with Crippen LogP contribution in [-0.2, 0) is 9.53 Å². The summed E-state index contributed by atoms with van der Waals surface area (Å²) in [6, 6.07) is 9.62. The number of furan rings is 1. The molecule has 1 saturated heterocycles. The van der Waals surface area contributed by atoms with E-state index in [1.165, 1.54) is 11.8 Å². The molecule has 158 valence electrons. The van der Waals surface area contributed by atoms with Crippen LogP contribution in [0, 0.1) is 6.92 Å². The van der Waals surface area contributed by atoms with Crippen LogP contribution in [0.2, 0.25) is 0 Å². The normalized spacial score (nSPS) is 14.1. The molecule has 0 aliphatic carbocycles. The molecule has 30 heavy (non-hydrogen) atoms. The number of aromatic nitrogens is 3. The smallest absolute Gasteiger partial charge is 0.233 e. The Bertz CT molecular complexity index is 993. The number of thioether (sulfide) groups is 1. The number of carbonyl (C=O) groups is 1. The van der Waals surface area contributed by atoms with Gasteiger partial charge in [-0.15, -0.1) is 10.2 Å². The second kappa shape index (κ2) is 9.36. The van der Waals surface area contributed by atoms with Crippen LogP contribution in [0.15, 0.2) is 46.2 Å². The molecule has 3 aromatic rings. The standard InChI is InChI=1S/C21H24N4O4S/c1-3-28-17-6-4-16(5-7-17)25-20(18-8-11-29-15(18)2)22-23-21(25)30-14-19(26)24-9-12-27-13-10-24/h4-8,11H,3,9-10,12-14H2,1-2H3. The molecule has 4 rings (SSSR count). The van der Waals surface area contributed by atoms with E-state index < -0.39 is 0 Å². The molecule has 2 aromatic heterocycles. The first-order valence-electron chi connectivity index (χ1n) is 9.89. The van der Waals surface area contributed by atoms with Gasteiger partial charge in [0.1, 0.15) is 11.5 Å². The molecule has 0 unspecified atom stereocenters. The predicted octanol–water partition coefficient (Wildman–Crippen LogP) is 3.19. The van der Waals surface area contributed by atoms with Gasteiger partial charge in [0, 0.05) is 13.1 Å². The molecule has 1 amide bonds. The van der Waals surface area contributed by atoms with E-state index in [-0.39, 0.29) is 5.91 Å². The average Bonchev–Trinajstić information content (AvgIpc) is 3.39. The number of ether oxygens (including phenoxy) is 2. The summed E-state index contributed by atoms with van der Waals surface area (Å²) in [5.41, 5.74) is 1.75. The van der Waals surface area contributed by atoms with Crippen molar-refractivity contribution >= 4 is 17.7 Å². The Morgan fingerprint density at radius 1 is 1.17 bits per heavy atom. The van der Waals surface area contributed by atoms with Crippen molar-refractivity contribution in [2.75, 3.05) is 38.7 Å². The highest BCUT2D eigenvalue weighted by Gasteiger charge is 2.22. The van der Waals surface area contributed by atoms with Crippen molar-refractivity contribution in [2.45, 2.75) is 19.0 Å². The molecule has 0 atom stereocenters. The molecule has 0 saturated carbocycles. The molecule has 8 nitrogen and oxygen atoms in total. The fraction of sp³-hybridized carbons (Fsp3) is 0.381. The van der Waals surface area contributed by atoms with Crippen LogP contribution in [0.5, 0.6) is 5.75 Å². The number of nitrogens with zero attached hydrogens (tertiary/aromatic N) is 4. The maximum atomic E-state index is 12.6. The number of hydrogen-bond acceptors (Lipinski definition) is 7. The van der Waals surface area contributed by atoms with Gasteiger partial charge in [-0.2, -0.15) is 0 Å². The zero-order valence-corrected chi connectivity index (χ0v) is 17.9. The van der Waals surface area contributed by atoms with E-state index >= 15 is 0 Å². The first-order chi connectivity index (χ1) is 14.7. The monoisotopic (exact) mass is 428 g/mol. The quantitative estimate of drug-likeness (QED) is 0.535. The van der Waals surface area contributed by atoms with Gasteiger partial charge in [-0.25, -0.2) is 0 Å². The van der Waals surface area contributed by atoms with E-state index in [4.69, 9.17) is 13.9 Å². The molecule has 0 spiro atoms. The summed E-state index contributed by atoms with van der Waals surface area (Å²) in [5, 5.41) is 9.42. The summed E-state index contributed by atoms with van der Waals surface area (Å²) < 4.78 is 18.3. The van der Waals surface area contributed by atoms with Crippen molar-refractivity contribution in [3.05, 3.63) is 42.4 Å². The van der Waals surface area contributed by atoms with E-state index in [2.05, 4.69) is 10.2 Å². The number of amides is 1. The minimum atomic E-state index is 0.0746. The van der Waals surface area contributed by atoms with Gasteiger partial charge in [-0.05, 0) is 44.2 Å². The minimum absolute atomic E-state index is 0.0746. The van der Waals surface area contributed by atoms with Crippen LogP contribution in [0.1, 0.15) is 12.7 Å². The van der Waals surface area contributed by atoms with E-state index in [0.29, 0.717) is 49.6 Å². The lowest BCUT2D eigenvalue weighted by atomic mass is 10.2. The second-order valence-electron chi connectivity index (χ2n) is 6.74. The Kier molecular flexibility index (Phi) is 6.39. The van der Waals surface area contributed by atoms with Crippen LogP contribution in [0.25, 0.3) is 17.1 Å². The third-order valence-corrected chi connectivity index (χ3v) is 5.74. The summed E-state index contributed by atoms with van der Waals surface area (Å²) in [7, 11) is 0. The number of aryl methyl sites for hydroxylation is 1. The van der Waals surface area contributed by atoms with Crippen LogP contribution < -0.4 is 4.74 Å². The third kappa shape index (κ3) is 4.36. The molecule has 1 aliphatic rings. The highest BCUT2D eigenvalue weighted by atomic mass is 32.2. The maximum absolute atomic E-state index is 12.6. The van der Waals surface area contributed by atoms with Crippen LogP contribution >= 0.6 is 11.8 Å². The van der Waals surface area contributed by atoms with Crippen molar-refractivity contribution in [2.24, 2.45) is 0 Å². The number of benzene rings is 1. The largest absolute Gasteiger partial charge is 0.494 e. The Labute approximate surface area is 179 Å². The predicted molar refractivity (Wildman–Crippen MR) is 113 cm³/mol. The summed E-state index contributed by atoms with van der Waals surface area (Å²) in [6.45, 7) is 6.88. The highest BCUT2D eigenvalue weighted by Crippen LogP contribution is 2.31. The molecular formula is C21H24N4O4S. The molecule has 3 heterocycles. The number of hydrogen-bond donors (Lipinski definition) is 0. The van der Waals surface area contributed by atoms with Crippen LogP contribution in [0.4, 0.5) is 0 Å². The molecule has 0 N–H and O–H groups in total. The van der Waals surface area contributed by atoms with Crippen molar-refractivity contribution < 1.29 is 18.7 Å². The van der Waals surface area contributed by atoms with E-state index in [9.17, 15) is 4.79 Å². The van der Waals surface area contributed by atoms with Gasteiger partial charge in [-0.3, -0.25) is 9.36 Å². The van der Waals surface area contributed by atoms with E-state index in [1.54, 1.807) is 6.26 Å². The first-order valence-corrected chi connectivity index (χ1v) is 10.9. The van der Waals surface area contributed by atoms with Crippen LogP contribution in [0.3, 0.4) is 0 Å². The van der Waals surface area contributed by atoms with Gasteiger partial charge in [0.05, 0.1) is 43.1 Å². The lowest BCUT2D eigenvalue weighted by Gasteiger charge is -2.26. The lowest BCUT2D eigenvalue weighted by molar-refractivity contribution is -0.132. The Morgan fingerprint density at radius 3 is 2.60 bits per heavy atom. The number of rotatable bonds is 7. The average molecular weight is 429 g/mol. The van der Waals surface area contributed by atoms with Gasteiger partial charge < -0.3 is 18.8 Å². The number of morpholine rings is 1. The van der Waals surface area contributed by atoms with Gasteiger partial charge in [0.15, 0.2) is 11.0 Å². The molecule has 0 radical (unpaired) electrons. The van der Waals surface area contributed by atoms with Crippen molar-refractivity contribution in [3.63, 3.8) is 0 Å². The van der Waals surface area contributed by atoms with Crippen molar-refractivity contribution in [3.8, 4) is 22.8 Å². The molecule has 1 fully saturated rings. The van der Waals surface area contributed by atoms with Gasteiger partial charge in [0.2, 0.25) is 5.91 Å². The fourth-order valence-corrected chi connectivity index (χ4v) is 4.13. The first kappa shape index (κ1) is 20.5. The SMILES string of the molecule is CCOc1ccc(-n2c(SCC(=O)N3CCOCC3)nnc2-c2ccoc2C)cc1. The Balaban J connectivity index is 1.62. The van der Waals surface area contributed by atoms with E-state index in [0.717, 1.165) is 22.8 Å². The number of carbonyl (C=O) groups excluding carboxylic acids is 1. The third-order valence-electron chi connectivity index (χ3n) is 4.83. The van der Waals surface area contributed by atoms with Gasteiger partial charge in [0.25, 0.3) is 0 Å². The van der Waals surface area contributed by atoms with E-state index in [1.807, 2.05) is 53.6 Å². The van der Waals surface area contributed by atoms with Crippen LogP contribution in [-0.4, -0.2) is 64.2 Å². The summed E-state index contributed by atoms with van der Waals surface area (Å²) in [6.07, 6.45) is 1.64.